The third-order valence-electron chi connectivity index (χ3n) is 7.07. The van der Waals surface area contributed by atoms with E-state index >= 15 is 0 Å². The van der Waals surface area contributed by atoms with Gasteiger partial charge in [-0.2, -0.15) is 0 Å². The van der Waals surface area contributed by atoms with Gasteiger partial charge in [0.2, 0.25) is 11.8 Å². The van der Waals surface area contributed by atoms with Gasteiger partial charge in [-0.3, -0.25) is 13.9 Å². The van der Waals surface area contributed by atoms with Gasteiger partial charge in [0.25, 0.3) is 10.0 Å². The predicted molar refractivity (Wildman–Crippen MR) is 162 cm³/mol. The van der Waals surface area contributed by atoms with E-state index in [1.807, 2.05) is 58.9 Å². The first-order chi connectivity index (χ1) is 19.5. The van der Waals surface area contributed by atoms with Crippen molar-refractivity contribution in [3.63, 3.8) is 0 Å². The maximum Gasteiger partial charge on any atom is 0.264 e. The summed E-state index contributed by atoms with van der Waals surface area (Å²) >= 11 is 0. The van der Waals surface area contributed by atoms with E-state index in [4.69, 9.17) is 4.74 Å². The summed E-state index contributed by atoms with van der Waals surface area (Å²) in [6.45, 7) is 9.30. The highest BCUT2D eigenvalue weighted by Gasteiger charge is 2.34. The minimum atomic E-state index is -4.15. The molecule has 0 heterocycles. The molecular weight excluding hydrogens is 538 g/mol. The third kappa shape index (κ3) is 8.10. The lowest BCUT2D eigenvalue weighted by Crippen LogP contribution is -2.53. The van der Waals surface area contributed by atoms with Crippen LogP contribution < -0.4 is 14.4 Å². The zero-order valence-electron chi connectivity index (χ0n) is 24.8. The van der Waals surface area contributed by atoms with E-state index in [1.54, 1.807) is 36.4 Å². The van der Waals surface area contributed by atoms with Gasteiger partial charge in [-0.05, 0) is 75.6 Å². The van der Waals surface area contributed by atoms with Crippen LogP contribution in [0.2, 0.25) is 0 Å². The maximum atomic E-state index is 14.1. The summed E-state index contributed by atoms with van der Waals surface area (Å²) in [6, 6.07) is 19.9. The molecule has 0 radical (unpaired) electrons. The molecule has 0 aliphatic carbocycles. The summed E-state index contributed by atoms with van der Waals surface area (Å²) in [5.41, 5.74) is 3.19. The Balaban J connectivity index is 2.05. The van der Waals surface area contributed by atoms with E-state index in [2.05, 4.69) is 5.32 Å². The molecule has 0 aromatic heterocycles. The quantitative estimate of drug-likeness (QED) is 0.299. The zero-order valence-corrected chi connectivity index (χ0v) is 25.6. The Hall–Kier alpha value is -3.85. The molecule has 2 atom stereocenters. The van der Waals surface area contributed by atoms with E-state index < -0.39 is 28.5 Å². The highest BCUT2D eigenvalue weighted by Crippen LogP contribution is 2.26. The number of sulfonamides is 1. The zero-order chi connectivity index (χ0) is 30.2. The van der Waals surface area contributed by atoms with Gasteiger partial charge in [0.15, 0.2) is 0 Å². The predicted octanol–water partition coefficient (Wildman–Crippen LogP) is 5.23. The largest absolute Gasteiger partial charge is 0.497 e. The van der Waals surface area contributed by atoms with Crippen LogP contribution in [0.1, 0.15) is 50.3 Å². The van der Waals surface area contributed by atoms with E-state index in [0.717, 1.165) is 27.4 Å². The smallest absolute Gasteiger partial charge is 0.264 e. The van der Waals surface area contributed by atoms with Crippen molar-refractivity contribution >= 4 is 27.5 Å². The van der Waals surface area contributed by atoms with Crippen LogP contribution in [0.4, 0.5) is 5.69 Å². The van der Waals surface area contributed by atoms with Crippen LogP contribution in [0.25, 0.3) is 0 Å². The lowest BCUT2D eigenvalue weighted by atomic mass is 10.1. The molecular formula is C32H41N3O5S. The lowest BCUT2D eigenvalue weighted by Gasteiger charge is -2.33. The molecule has 3 rings (SSSR count). The van der Waals surface area contributed by atoms with Crippen molar-refractivity contribution in [2.75, 3.05) is 18.0 Å². The van der Waals surface area contributed by atoms with E-state index in [0.29, 0.717) is 17.9 Å². The molecule has 0 fully saturated rings. The second kappa shape index (κ2) is 14.2. The number of ether oxygens (including phenoxy) is 1. The molecule has 0 saturated carbocycles. The molecule has 9 heteroatoms. The third-order valence-corrected chi connectivity index (χ3v) is 8.86. The summed E-state index contributed by atoms with van der Waals surface area (Å²) in [5, 5.41) is 2.99. The number of rotatable bonds is 13. The average Bonchev–Trinajstić information content (AvgIpc) is 2.96. The Bertz CT molecular complexity index is 1420. The molecule has 2 amide bonds. The Morgan fingerprint density at radius 2 is 1.56 bits per heavy atom. The molecule has 2 unspecified atom stereocenters. The number of methoxy groups -OCH3 is 1. The van der Waals surface area contributed by atoms with Crippen molar-refractivity contribution in [1.82, 2.24) is 10.2 Å². The van der Waals surface area contributed by atoms with Gasteiger partial charge in [0.05, 0.1) is 17.7 Å². The van der Waals surface area contributed by atoms with Gasteiger partial charge in [-0.15, -0.1) is 0 Å². The van der Waals surface area contributed by atoms with Crippen molar-refractivity contribution < 1.29 is 22.7 Å². The summed E-state index contributed by atoms with van der Waals surface area (Å²) in [4.78, 5) is 29.0. The Labute approximate surface area is 244 Å². The number of carbonyl (C=O) groups is 2. The van der Waals surface area contributed by atoms with Crippen LogP contribution in [0, 0.1) is 13.8 Å². The fraction of sp³-hybridized carbons (Fsp3) is 0.375. The van der Waals surface area contributed by atoms with Gasteiger partial charge in [-0.1, -0.05) is 61.4 Å². The monoisotopic (exact) mass is 579 g/mol. The van der Waals surface area contributed by atoms with Gasteiger partial charge >= 0.3 is 0 Å². The summed E-state index contributed by atoms with van der Waals surface area (Å²) in [5.74, 6) is -0.220. The van der Waals surface area contributed by atoms with Gasteiger partial charge < -0.3 is 15.0 Å². The first-order valence-electron chi connectivity index (χ1n) is 13.9. The van der Waals surface area contributed by atoms with E-state index in [1.165, 1.54) is 24.1 Å². The molecule has 0 saturated heterocycles. The fourth-order valence-electron chi connectivity index (χ4n) is 4.48. The topological polar surface area (TPSA) is 96.0 Å². The van der Waals surface area contributed by atoms with Crippen LogP contribution in [0.3, 0.4) is 0 Å². The van der Waals surface area contributed by atoms with Crippen molar-refractivity contribution in [2.45, 2.75) is 71.0 Å². The molecule has 0 aliphatic heterocycles. The van der Waals surface area contributed by atoms with Crippen molar-refractivity contribution in [3.05, 3.63) is 89.5 Å². The second-order valence-electron chi connectivity index (χ2n) is 10.3. The van der Waals surface area contributed by atoms with E-state index in [9.17, 15) is 18.0 Å². The van der Waals surface area contributed by atoms with Crippen LogP contribution in [0.15, 0.2) is 77.7 Å². The molecule has 41 heavy (non-hydrogen) atoms. The van der Waals surface area contributed by atoms with Gasteiger partial charge in [-0.25, -0.2) is 8.42 Å². The van der Waals surface area contributed by atoms with Crippen LogP contribution >= 0.6 is 0 Å². The minimum absolute atomic E-state index is 0.0264. The molecule has 0 bridgehead atoms. The SMILES string of the molecule is CCC(C)NC(=O)C(CC)N(Cc1cccc(C)c1)C(=O)CN(c1ccc(C)cc1)S(=O)(=O)c1ccc(OC)cc1. The Kier molecular flexibility index (Phi) is 10.9. The molecule has 0 spiro atoms. The number of benzene rings is 3. The maximum absolute atomic E-state index is 14.1. The molecule has 8 nitrogen and oxygen atoms in total. The molecule has 3 aromatic rings. The number of amides is 2. The summed E-state index contributed by atoms with van der Waals surface area (Å²) in [6.07, 6.45) is 1.12. The first kappa shape index (κ1) is 31.7. The van der Waals surface area contributed by atoms with Crippen molar-refractivity contribution in [1.29, 1.82) is 0 Å². The van der Waals surface area contributed by atoms with Crippen LogP contribution in [0.5, 0.6) is 5.75 Å². The fourth-order valence-corrected chi connectivity index (χ4v) is 5.90. The standard InChI is InChI=1S/C32H41N3O5S/c1-7-25(5)33-32(37)30(8-2)34(21-26-11-9-10-24(4)20-26)31(36)22-35(27-14-12-23(3)13-15-27)41(38,39)29-18-16-28(40-6)17-19-29/h9-20,25,30H,7-8,21-22H2,1-6H3,(H,33,37). The number of hydrogen-bond acceptors (Lipinski definition) is 5. The Morgan fingerprint density at radius 1 is 0.902 bits per heavy atom. The van der Waals surface area contributed by atoms with Crippen molar-refractivity contribution in [3.8, 4) is 5.75 Å². The number of carbonyl (C=O) groups excluding carboxylic acids is 2. The second-order valence-corrected chi connectivity index (χ2v) is 12.1. The van der Waals surface area contributed by atoms with Crippen LogP contribution in [-0.4, -0.2) is 50.9 Å². The van der Waals surface area contributed by atoms with Crippen molar-refractivity contribution in [2.24, 2.45) is 0 Å². The van der Waals surface area contributed by atoms with E-state index in [-0.39, 0.29) is 23.4 Å². The molecule has 3 aromatic carbocycles. The summed E-state index contributed by atoms with van der Waals surface area (Å²) in [7, 11) is -2.64. The lowest BCUT2D eigenvalue weighted by molar-refractivity contribution is -0.140. The number of aryl methyl sites for hydroxylation is 2. The number of nitrogens with zero attached hydrogens (tertiary/aromatic N) is 2. The minimum Gasteiger partial charge on any atom is -0.497 e. The molecule has 1 N–H and O–H groups in total. The summed E-state index contributed by atoms with van der Waals surface area (Å²) < 4.78 is 34.2. The number of hydrogen-bond donors (Lipinski definition) is 1. The average molecular weight is 580 g/mol. The highest BCUT2D eigenvalue weighted by molar-refractivity contribution is 7.92. The van der Waals surface area contributed by atoms with Gasteiger partial charge in [0, 0.05) is 12.6 Å². The molecule has 0 aliphatic rings. The van der Waals surface area contributed by atoms with Gasteiger partial charge in [0.1, 0.15) is 18.3 Å². The normalized spacial score (nSPS) is 12.7. The first-order valence-corrected chi connectivity index (χ1v) is 15.3. The molecule has 220 valence electrons. The highest BCUT2D eigenvalue weighted by atomic mass is 32.2. The van der Waals surface area contributed by atoms with Crippen LogP contribution in [-0.2, 0) is 26.2 Å². The Morgan fingerprint density at radius 3 is 2.12 bits per heavy atom. The number of anilines is 1. The number of nitrogens with one attached hydrogen (secondary N) is 1.